The van der Waals surface area contributed by atoms with Gasteiger partial charge >= 0.3 is 5.97 Å². The number of hydrogen-bond donors (Lipinski definition) is 1. The molecule has 0 spiro atoms. The van der Waals surface area contributed by atoms with E-state index in [0.29, 0.717) is 5.69 Å². The van der Waals surface area contributed by atoms with Crippen molar-refractivity contribution < 1.29 is 9.90 Å². The fourth-order valence-corrected chi connectivity index (χ4v) is 3.86. The Morgan fingerprint density at radius 1 is 1.10 bits per heavy atom. The normalized spacial score (nSPS) is 18.0. The van der Waals surface area contributed by atoms with Gasteiger partial charge in [-0.05, 0) is 81.7 Å². The van der Waals surface area contributed by atoms with E-state index in [1.54, 1.807) is 18.3 Å². The van der Waals surface area contributed by atoms with Crippen LogP contribution in [0, 0.1) is 12.3 Å². The first-order valence-electron chi connectivity index (χ1n) is 10.9. The second-order valence-corrected chi connectivity index (χ2v) is 9.05. The summed E-state index contributed by atoms with van der Waals surface area (Å²) in [5, 5.41) is 9.32. The first-order valence-corrected chi connectivity index (χ1v) is 10.9. The Labute approximate surface area is 187 Å². The molecule has 0 aromatic heterocycles. The first-order chi connectivity index (χ1) is 14.6. The fraction of sp³-hybridized carbons (Fsp3) is 0.357. The number of carboxylic acids is 1. The average molecular weight is 418 g/mol. The van der Waals surface area contributed by atoms with Crippen LogP contribution < -0.4 is 0 Å². The monoisotopic (exact) mass is 417 g/mol. The number of carboxylic acid groups (broad SMARTS) is 1. The molecule has 31 heavy (non-hydrogen) atoms. The number of aliphatic imine (C=N–C) groups is 1. The van der Waals surface area contributed by atoms with E-state index in [-0.39, 0.29) is 11.0 Å². The predicted molar refractivity (Wildman–Crippen MR) is 132 cm³/mol. The zero-order chi connectivity index (χ0) is 23.0. The minimum Gasteiger partial charge on any atom is -0.478 e. The molecule has 0 amide bonds. The van der Waals surface area contributed by atoms with Gasteiger partial charge in [0.05, 0.1) is 11.3 Å². The third-order valence-corrected chi connectivity index (χ3v) is 5.71. The van der Waals surface area contributed by atoms with E-state index in [1.165, 1.54) is 36.0 Å². The van der Waals surface area contributed by atoms with Crippen LogP contribution in [0.5, 0.6) is 0 Å². The smallest absolute Gasteiger partial charge is 0.337 e. The highest BCUT2D eigenvalue weighted by Crippen LogP contribution is 2.40. The molecule has 0 radical (unpaired) electrons. The fourth-order valence-electron chi connectivity index (χ4n) is 3.86. The topological polar surface area (TPSA) is 49.7 Å². The Kier molecular flexibility index (Phi) is 8.56. The van der Waals surface area contributed by atoms with Gasteiger partial charge in [0.15, 0.2) is 0 Å². The second kappa shape index (κ2) is 10.9. The minimum atomic E-state index is -0.965. The first kappa shape index (κ1) is 24.3. The number of nitrogens with zero attached hydrogens (tertiary/aromatic N) is 1. The van der Waals surface area contributed by atoms with Crippen LogP contribution in [0.2, 0.25) is 0 Å². The van der Waals surface area contributed by atoms with Crippen LogP contribution in [-0.4, -0.2) is 17.3 Å². The van der Waals surface area contributed by atoms with Crippen molar-refractivity contribution in [2.75, 3.05) is 0 Å². The molecule has 0 atom stereocenters. The van der Waals surface area contributed by atoms with Crippen molar-refractivity contribution in [2.24, 2.45) is 10.4 Å². The summed E-state index contributed by atoms with van der Waals surface area (Å²) in [6, 6.07) is 5.23. The highest BCUT2D eigenvalue weighted by molar-refractivity contribution is 5.94. The molecule has 3 heteroatoms. The van der Waals surface area contributed by atoms with Crippen molar-refractivity contribution in [3.63, 3.8) is 0 Å². The van der Waals surface area contributed by atoms with Crippen LogP contribution in [0.15, 0.2) is 81.9 Å². The molecule has 0 heterocycles. The Balaban J connectivity index is 2.03. The van der Waals surface area contributed by atoms with Crippen molar-refractivity contribution in [2.45, 2.75) is 60.8 Å². The summed E-state index contributed by atoms with van der Waals surface area (Å²) in [4.78, 5) is 15.7. The van der Waals surface area contributed by atoms with E-state index >= 15 is 0 Å². The summed E-state index contributed by atoms with van der Waals surface area (Å²) in [7, 11) is 0. The molecular formula is C28H35NO2. The zero-order valence-electron chi connectivity index (χ0n) is 19.7. The molecule has 0 saturated carbocycles. The lowest BCUT2D eigenvalue weighted by Gasteiger charge is -2.32. The van der Waals surface area contributed by atoms with Gasteiger partial charge in [-0.1, -0.05) is 67.0 Å². The largest absolute Gasteiger partial charge is 0.478 e. The Hall–Kier alpha value is -2.94. The Bertz CT molecular complexity index is 998. The average Bonchev–Trinajstić information content (AvgIpc) is 2.68. The van der Waals surface area contributed by atoms with Gasteiger partial charge in [-0.15, -0.1) is 0 Å². The van der Waals surface area contributed by atoms with Gasteiger partial charge in [0.2, 0.25) is 0 Å². The Morgan fingerprint density at radius 3 is 2.48 bits per heavy atom. The molecule has 0 aliphatic heterocycles. The number of carbonyl (C=O) groups is 1. The molecule has 0 fully saturated rings. The predicted octanol–water partition coefficient (Wildman–Crippen LogP) is 7.93. The van der Waals surface area contributed by atoms with Crippen molar-refractivity contribution in [3.05, 3.63) is 88.1 Å². The third-order valence-electron chi connectivity index (χ3n) is 5.71. The highest BCUT2D eigenvalue weighted by Gasteiger charge is 2.26. The van der Waals surface area contributed by atoms with E-state index in [9.17, 15) is 9.90 Å². The highest BCUT2D eigenvalue weighted by atomic mass is 16.4. The number of aryl methyl sites for hydroxylation is 1. The summed E-state index contributed by atoms with van der Waals surface area (Å²) in [6.07, 6.45) is 17.9. The second-order valence-electron chi connectivity index (χ2n) is 9.05. The molecule has 1 aromatic carbocycles. The summed E-state index contributed by atoms with van der Waals surface area (Å²) in [5.74, 6) is -0.965. The lowest BCUT2D eigenvalue weighted by molar-refractivity contribution is 0.0697. The van der Waals surface area contributed by atoms with Gasteiger partial charge < -0.3 is 5.11 Å². The van der Waals surface area contributed by atoms with Crippen molar-refractivity contribution in [3.8, 4) is 0 Å². The molecule has 1 N–H and O–H groups in total. The third kappa shape index (κ3) is 7.36. The van der Waals surface area contributed by atoms with E-state index in [0.717, 1.165) is 11.1 Å². The molecule has 1 aliphatic rings. The number of aromatic carboxylic acids is 1. The molecule has 0 saturated heterocycles. The summed E-state index contributed by atoms with van der Waals surface area (Å²) >= 11 is 0. The van der Waals surface area contributed by atoms with E-state index in [4.69, 9.17) is 0 Å². The van der Waals surface area contributed by atoms with Crippen LogP contribution in [-0.2, 0) is 0 Å². The van der Waals surface area contributed by atoms with Crippen LogP contribution in [0.1, 0.15) is 69.8 Å². The van der Waals surface area contributed by atoms with Gasteiger partial charge in [0, 0.05) is 6.21 Å². The van der Waals surface area contributed by atoms with Crippen LogP contribution in [0.3, 0.4) is 0 Å². The Morgan fingerprint density at radius 2 is 1.81 bits per heavy atom. The summed E-state index contributed by atoms with van der Waals surface area (Å²) < 4.78 is 0. The number of benzene rings is 1. The van der Waals surface area contributed by atoms with Crippen molar-refractivity contribution in [1.82, 2.24) is 0 Å². The maximum Gasteiger partial charge on any atom is 0.337 e. The van der Waals surface area contributed by atoms with E-state index < -0.39 is 5.97 Å². The van der Waals surface area contributed by atoms with Crippen molar-refractivity contribution >= 4 is 17.9 Å². The number of hydrogen-bond acceptors (Lipinski definition) is 2. The summed E-state index contributed by atoms with van der Waals surface area (Å²) in [6.45, 7) is 12.9. The van der Waals surface area contributed by atoms with Crippen molar-refractivity contribution in [1.29, 1.82) is 0 Å². The number of rotatable bonds is 7. The quantitative estimate of drug-likeness (QED) is 0.362. The zero-order valence-corrected chi connectivity index (χ0v) is 19.7. The van der Waals surface area contributed by atoms with E-state index in [2.05, 4.69) is 50.9 Å². The van der Waals surface area contributed by atoms with Gasteiger partial charge in [-0.25, -0.2) is 4.79 Å². The van der Waals surface area contributed by atoms with Crippen LogP contribution >= 0.6 is 0 Å². The summed E-state index contributed by atoms with van der Waals surface area (Å²) in [5.41, 5.74) is 7.05. The van der Waals surface area contributed by atoms with Gasteiger partial charge in [0.1, 0.15) is 0 Å². The SMILES string of the molecule is CC1=C(/C=C/C(C)=C/C=C/C(C)=C/C=Nc2ccc(C)cc2C(=O)O)C(C)(C)CCC1. The lowest BCUT2D eigenvalue weighted by atomic mass is 9.72. The molecule has 3 nitrogen and oxygen atoms in total. The molecule has 1 aromatic rings. The molecule has 0 unspecified atom stereocenters. The van der Waals surface area contributed by atoms with E-state index in [1.807, 2.05) is 38.1 Å². The maximum atomic E-state index is 11.4. The van der Waals surface area contributed by atoms with Crippen LogP contribution in [0.25, 0.3) is 0 Å². The number of allylic oxidation sites excluding steroid dienone is 10. The molecule has 1 aliphatic carbocycles. The van der Waals surface area contributed by atoms with Gasteiger partial charge in [-0.2, -0.15) is 0 Å². The minimum absolute atomic E-state index is 0.217. The molecule has 2 rings (SSSR count). The lowest BCUT2D eigenvalue weighted by Crippen LogP contribution is -2.19. The molecule has 164 valence electrons. The standard InChI is InChI=1S/C28H35NO2/c1-20(12-14-25-23(4)11-8-17-28(25,5)6)9-7-10-21(2)16-18-29-26-15-13-22(3)19-24(26)27(30)31/h7,9-10,12-16,18-19H,8,11,17H2,1-6H3,(H,30,31)/b10-7+,14-12+,20-9+,21-16+,29-18?. The van der Waals surface area contributed by atoms with Gasteiger partial charge in [-0.3, -0.25) is 4.99 Å². The molecule has 0 bridgehead atoms. The molecular weight excluding hydrogens is 382 g/mol. The van der Waals surface area contributed by atoms with Crippen LogP contribution in [0.4, 0.5) is 5.69 Å². The maximum absolute atomic E-state index is 11.4. The van der Waals surface area contributed by atoms with Gasteiger partial charge in [0.25, 0.3) is 0 Å².